The summed E-state index contributed by atoms with van der Waals surface area (Å²) < 4.78 is 0.962. The van der Waals surface area contributed by atoms with Crippen molar-refractivity contribution in [1.82, 2.24) is 5.32 Å². The molecule has 0 saturated carbocycles. The average molecular weight is 382 g/mol. The Labute approximate surface area is 170 Å². The van der Waals surface area contributed by atoms with Gasteiger partial charge in [-0.2, -0.15) is 0 Å². The number of amides is 1. The highest BCUT2D eigenvalue weighted by molar-refractivity contribution is 5.75. The van der Waals surface area contributed by atoms with Crippen LogP contribution in [0.2, 0.25) is 0 Å². The third kappa shape index (κ3) is 23.1. The normalized spacial score (nSPS) is 12.0. The van der Waals surface area contributed by atoms with Gasteiger partial charge in [0.2, 0.25) is 5.91 Å². The first-order valence-corrected chi connectivity index (χ1v) is 11.7. The highest BCUT2D eigenvalue weighted by atomic mass is 16.1. The van der Waals surface area contributed by atoms with Crippen molar-refractivity contribution in [2.75, 3.05) is 34.2 Å². The number of hydrogen-bond acceptors (Lipinski definition) is 1. The Balaban J connectivity index is 3.26. The molecule has 0 aromatic heterocycles. The van der Waals surface area contributed by atoms with E-state index in [1.165, 1.54) is 77.0 Å². The van der Waals surface area contributed by atoms with Gasteiger partial charge < -0.3 is 9.80 Å². The number of allylic oxidation sites excluding steroid dienone is 2. The highest BCUT2D eigenvalue weighted by Crippen LogP contribution is 2.10. The van der Waals surface area contributed by atoms with Crippen LogP contribution in [0.5, 0.6) is 0 Å². The minimum Gasteiger partial charge on any atom is -0.356 e. The monoisotopic (exact) mass is 381 g/mol. The predicted octanol–water partition coefficient (Wildman–Crippen LogP) is 6.24. The number of rotatable bonds is 19. The van der Waals surface area contributed by atoms with Gasteiger partial charge in [0, 0.05) is 19.4 Å². The highest BCUT2D eigenvalue weighted by Gasteiger charge is 2.06. The molecule has 3 heteroatoms. The maximum absolute atomic E-state index is 11.8. The molecular weight excluding hydrogens is 332 g/mol. The van der Waals surface area contributed by atoms with Crippen LogP contribution in [-0.2, 0) is 4.79 Å². The zero-order chi connectivity index (χ0) is 20.2. The second-order valence-electron chi connectivity index (χ2n) is 9.05. The lowest BCUT2D eigenvalue weighted by Gasteiger charge is -2.23. The minimum atomic E-state index is 0.231. The smallest absolute Gasteiger partial charge is 0.219 e. The van der Waals surface area contributed by atoms with Crippen LogP contribution < -0.4 is 5.32 Å². The molecule has 0 saturated heterocycles. The molecule has 0 atom stereocenters. The first-order valence-electron chi connectivity index (χ1n) is 11.7. The van der Waals surface area contributed by atoms with Crippen LogP contribution in [0.25, 0.3) is 0 Å². The van der Waals surface area contributed by atoms with E-state index < -0.39 is 0 Å². The van der Waals surface area contributed by atoms with Crippen LogP contribution in [0, 0.1) is 0 Å². The lowest BCUT2D eigenvalue weighted by molar-refractivity contribution is -0.870. The molecule has 1 amide bonds. The second kappa shape index (κ2) is 18.5. The quantitative estimate of drug-likeness (QED) is 0.160. The van der Waals surface area contributed by atoms with Gasteiger partial charge in [-0.1, -0.05) is 70.4 Å². The maximum Gasteiger partial charge on any atom is 0.219 e. The topological polar surface area (TPSA) is 29.1 Å². The Hall–Kier alpha value is -0.830. The molecule has 0 aliphatic heterocycles. The first-order chi connectivity index (χ1) is 13.0. The van der Waals surface area contributed by atoms with E-state index in [9.17, 15) is 4.79 Å². The van der Waals surface area contributed by atoms with Crippen LogP contribution >= 0.6 is 0 Å². The van der Waals surface area contributed by atoms with Crippen molar-refractivity contribution in [2.24, 2.45) is 0 Å². The minimum absolute atomic E-state index is 0.231. The van der Waals surface area contributed by atoms with E-state index in [0.29, 0.717) is 6.42 Å². The van der Waals surface area contributed by atoms with Crippen LogP contribution in [0.4, 0.5) is 0 Å². The van der Waals surface area contributed by atoms with Gasteiger partial charge in [-0.3, -0.25) is 4.79 Å². The molecule has 0 spiro atoms. The fraction of sp³-hybridized carbons (Fsp3) is 0.875. The largest absolute Gasteiger partial charge is 0.356 e. The third-order valence-corrected chi connectivity index (χ3v) is 4.99. The predicted molar refractivity (Wildman–Crippen MR) is 120 cm³/mol. The summed E-state index contributed by atoms with van der Waals surface area (Å²) in [7, 11) is 6.56. The molecular formula is C24H49N2O+. The summed E-state index contributed by atoms with van der Waals surface area (Å²) in [5.74, 6) is 0.231. The number of nitrogens with one attached hydrogen (secondary N) is 1. The lowest BCUT2D eigenvalue weighted by Crippen LogP contribution is -2.37. The Morgan fingerprint density at radius 2 is 1.26 bits per heavy atom. The van der Waals surface area contributed by atoms with Gasteiger partial charge in [0.15, 0.2) is 0 Å². The molecule has 0 radical (unpaired) electrons. The van der Waals surface area contributed by atoms with Gasteiger partial charge in [-0.05, 0) is 32.1 Å². The number of carbonyl (C=O) groups is 1. The lowest BCUT2D eigenvalue weighted by atomic mass is 10.1. The number of unbranched alkanes of at least 4 members (excludes halogenated alkanes) is 11. The SMILES string of the molecule is CCCCCCCCC=CCCCCCCCC(=O)NCCC[N+](C)(C)C. The molecule has 3 nitrogen and oxygen atoms in total. The molecule has 0 aromatic carbocycles. The van der Waals surface area contributed by atoms with Crippen molar-refractivity contribution in [3.8, 4) is 0 Å². The summed E-state index contributed by atoms with van der Waals surface area (Å²) in [6, 6.07) is 0. The summed E-state index contributed by atoms with van der Waals surface area (Å²) in [5, 5.41) is 3.05. The molecule has 27 heavy (non-hydrogen) atoms. The maximum atomic E-state index is 11.8. The van der Waals surface area contributed by atoms with Gasteiger partial charge >= 0.3 is 0 Å². The second-order valence-corrected chi connectivity index (χ2v) is 9.05. The molecule has 0 fully saturated rings. The average Bonchev–Trinajstić information content (AvgIpc) is 2.61. The van der Waals surface area contributed by atoms with Gasteiger partial charge in [-0.25, -0.2) is 0 Å². The van der Waals surface area contributed by atoms with E-state index >= 15 is 0 Å². The van der Waals surface area contributed by atoms with Gasteiger partial charge in [0.25, 0.3) is 0 Å². The molecule has 1 N–H and O–H groups in total. The van der Waals surface area contributed by atoms with E-state index in [0.717, 1.165) is 30.4 Å². The van der Waals surface area contributed by atoms with Gasteiger partial charge in [-0.15, -0.1) is 0 Å². The molecule has 0 rings (SSSR count). The van der Waals surface area contributed by atoms with E-state index in [1.54, 1.807) is 0 Å². The Bertz CT molecular complexity index is 358. The summed E-state index contributed by atoms with van der Waals surface area (Å²) in [5.41, 5.74) is 0. The van der Waals surface area contributed by atoms with Crippen LogP contribution in [0.1, 0.15) is 103 Å². The fourth-order valence-electron chi connectivity index (χ4n) is 3.23. The van der Waals surface area contributed by atoms with Crippen molar-refractivity contribution in [3.63, 3.8) is 0 Å². The Morgan fingerprint density at radius 3 is 1.81 bits per heavy atom. The van der Waals surface area contributed by atoms with Crippen molar-refractivity contribution in [2.45, 2.75) is 103 Å². The summed E-state index contributed by atoms with van der Waals surface area (Å²) >= 11 is 0. The van der Waals surface area contributed by atoms with Crippen LogP contribution in [0.3, 0.4) is 0 Å². The fourth-order valence-corrected chi connectivity index (χ4v) is 3.23. The van der Waals surface area contributed by atoms with Crippen LogP contribution in [0.15, 0.2) is 12.2 Å². The Morgan fingerprint density at radius 1 is 0.741 bits per heavy atom. The first kappa shape index (κ1) is 26.2. The van der Waals surface area contributed by atoms with E-state index in [1.807, 2.05) is 0 Å². The van der Waals surface area contributed by atoms with E-state index in [-0.39, 0.29) is 5.91 Å². The molecule has 0 unspecified atom stereocenters. The number of nitrogens with zero attached hydrogens (tertiary/aromatic N) is 1. The summed E-state index contributed by atoms with van der Waals surface area (Å²) in [6.07, 6.45) is 23.4. The summed E-state index contributed by atoms with van der Waals surface area (Å²) in [6.45, 7) is 4.20. The molecule has 160 valence electrons. The van der Waals surface area contributed by atoms with Crippen molar-refractivity contribution >= 4 is 5.91 Å². The number of carbonyl (C=O) groups excluding carboxylic acids is 1. The number of hydrogen-bond donors (Lipinski definition) is 1. The van der Waals surface area contributed by atoms with Crippen molar-refractivity contribution in [3.05, 3.63) is 12.2 Å². The molecule has 0 heterocycles. The standard InChI is InChI=1S/C24H48N2O/c1-5-6-7-8-9-10-11-12-13-14-15-16-17-18-19-21-24(27)25-22-20-23-26(2,3)4/h12-13H,5-11,14-23H2,1-4H3/p+1. The molecule has 0 aromatic rings. The van der Waals surface area contributed by atoms with E-state index in [4.69, 9.17) is 0 Å². The van der Waals surface area contributed by atoms with Crippen molar-refractivity contribution in [1.29, 1.82) is 0 Å². The van der Waals surface area contributed by atoms with Gasteiger partial charge in [0.05, 0.1) is 27.7 Å². The zero-order valence-corrected chi connectivity index (χ0v) is 19.0. The Kier molecular flexibility index (Phi) is 18.0. The van der Waals surface area contributed by atoms with Crippen molar-refractivity contribution < 1.29 is 9.28 Å². The van der Waals surface area contributed by atoms with Gasteiger partial charge in [0.1, 0.15) is 0 Å². The van der Waals surface area contributed by atoms with E-state index in [2.05, 4.69) is 45.5 Å². The molecule has 0 bridgehead atoms. The summed E-state index contributed by atoms with van der Waals surface area (Å²) in [4.78, 5) is 11.8. The molecule has 0 aliphatic carbocycles. The molecule has 0 aliphatic rings. The number of quaternary nitrogens is 1. The zero-order valence-electron chi connectivity index (χ0n) is 19.0. The van der Waals surface area contributed by atoms with Crippen LogP contribution in [-0.4, -0.2) is 44.6 Å². The third-order valence-electron chi connectivity index (χ3n) is 4.99.